The number of hydrogen-bond donors (Lipinski definition) is 1. The van der Waals surface area contributed by atoms with E-state index in [1.807, 2.05) is 67.6 Å². The first-order valence-electron chi connectivity index (χ1n) is 11.1. The third-order valence-corrected chi connectivity index (χ3v) is 5.34. The third-order valence-electron chi connectivity index (χ3n) is 5.34. The average Bonchev–Trinajstić information content (AvgIpc) is 2.85. The largest absolute Gasteiger partial charge is 0.493 e. The summed E-state index contributed by atoms with van der Waals surface area (Å²) in [5, 5.41) is 2.56. The second kappa shape index (κ2) is 11.8. The van der Waals surface area contributed by atoms with Gasteiger partial charge in [-0.15, -0.1) is 0 Å². The molecule has 8 heteroatoms. The molecule has 1 unspecified atom stereocenters. The Morgan fingerprint density at radius 2 is 1.46 bits per heavy atom. The monoisotopic (exact) mass is 476 g/mol. The SMILES string of the molecule is COc1ccnc(C(=O)NC(C)C(=O)O[C@@H](C)C(c2ccccc2)c2ccccc2)c1OC(C)=O. The lowest BCUT2D eigenvalue weighted by Crippen LogP contribution is -2.41. The summed E-state index contributed by atoms with van der Waals surface area (Å²) in [6.45, 7) is 4.53. The number of nitrogens with zero attached hydrogens (tertiary/aromatic N) is 1. The van der Waals surface area contributed by atoms with Gasteiger partial charge in [0.15, 0.2) is 11.4 Å². The van der Waals surface area contributed by atoms with Crippen LogP contribution in [0.3, 0.4) is 0 Å². The minimum atomic E-state index is -0.990. The highest BCUT2D eigenvalue weighted by Gasteiger charge is 2.29. The van der Waals surface area contributed by atoms with Crippen molar-refractivity contribution in [2.75, 3.05) is 7.11 Å². The molecule has 0 aliphatic rings. The standard InChI is InChI=1S/C27H28N2O6/c1-17(29-26(31)24-25(35-19(3)30)22(33-4)15-16-28-24)27(32)34-18(2)23(20-11-7-5-8-12-20)21-13-9-6-10-14-21/h5-18,23H,1-4H3,(H,29,31)/t17?,18-/m0/s1. The molecule has 0 saturated heterocycles. The number of esters is 2. The van der Waals surface area contributed by atoms with Crippen molar-refractivity contribution in [1.29, 1.82) is 0 Å². The molecule has 0 spiro atoms. The summed E-state index contributed by atoms with van der Waals surface area (Å²) < 4.78 is 16.1. The van der Waals surface area contributed by atoms with Crippen molar-refractivity contribution in [1.82, 2.24) is 10.3 Å². The second-order valence-corrected chi connectivity index (χ2v) is 7.92. The topological polar surface area (TPSA) is 104 Å². The zero-order chi connectivity index (χ0) is 25.4. The molecule has 0 saturated carbocycles. The van der Waals surface area contributed by atoms with E-state index in [2.05, 4.69) is 10.3 Å². The summed E-state index contributed by atoms with van der Waals surface area (Å²) in [5.41, 5.74) is 1.82. The minimum absolute atomic E-state index is 0.123. The Bertz CT molecular complexity index is 1130. The predicted molar refractivity (Wildman–Crippen MR) is 129 cm³/mol. The van der Waals surface area contributed by atoms with Crippen LogP contribution in [-0.4, -0.2) is 42.1 Å². The van der Waals surface area contributed by atoms with E-state index in [0.717, 1.165) is 11.1 Å². The van der Waals surface area contributed by atoms with Gasteiger partial charge in [0.05, 0.1) is 7.11 Å². The molecule has 1 heterocycles. The fourth-order valence-electron chi connectivity index (χ4n) is 3.73. The lowest BCUT2D eigenvalue weighted by molar-refractivity contribution is -0.150. The van der Waals surface area contributed by atoms with Crippen LogP contribution >= 0.6 is 0 Å². The van der Waals surface area contributed by atoms with Crippen molar-refractivity contribution in [3.8, 4) is 11.5 Å². The van der Waals surface area contributed by atoms with E-state index in [1.54, 1.807) is 0 Å². The van der Waals surface area contributed by atoms with Gasteiger partial charge >= 0.3 is 11.9 Å². The number of carbonyl (C=O) groups excluding carboxylic acids is 3. The number of carbonyl (C=O) groups is 3. The Morgan fingerprint density at radius 3 is 1.97 bits per heavy atom. The number of nitrogens with one attached hydrogen (secondary N) is 1. The molecule has 182 valence electrons. The van der Waals surface area contributed by atoms with Crippen LogP contribution in [-0.2, 0) is 14.3 Å². The van der Waals surface area contributed by atoms with Crippen LogP contribution in [0, 0.1) is 0 Å². The highest BCUT2D eigenvalue weighted by atomic mass is 16.6. The zero-order valence-electron chi connectivity index (χ0n) is 20.1. The Hall–Kier alpha value is -4.20. The van der Waals surface area contributed by atoms with Crippen molar-refractivity contribution < 1.29 is 28.6 Å². The molecule has 0 radical (unpaired) electrons. The third kappa shape index (κ3) is 6.44. The van der Waals surface area contributed by atoms with Gasteiger partial charge in [0.1, 0.15) is 12.1 Å². The summed E-state index contributed by atoms with van der Waals surface area (Å²) in [4.78, 5) is 41.3. The molecule has 0 aliphatic carbocycles. The van der Waals surface area contributed by atoms with Crippen molar-refractivity contribution in [3.63, 3.8) is 0 Å². The molecule has 3 rings (SSSR count). The molecule has 35 heavy (non-hydrogen) atoms. The Kier molecular flexibility index (Phi) is 8.56. The predicted octanol–water partition coefficient (Wildman–Crippen LogP) is 3.90. The molecule has 2 atom stereocenters. The number of amides is 1. The molecule has 2 aromatic carbocycles. The molecule has 1 aromatic heterocycles. The number of hydrogen-bond acceptors (Lipinski definition) is 7. The maximum Gasteiger partial charge on any atom is 0.328 e. The van der Waals surface area contributed by atoms with Crippen molar-refractivity contribution in [3.05, 3.63) is 89.7 Å². The normalized spacial score (nSPS) is 12.4. The van der Waals surface area contributed by atoms with Gasteiger partial charge in [-0.2, -0.15) is 0 Å². The van der Waals surface area contributed by atoms with Crippen molar-refractivity contribution in [2.45, 2.75) is 38.8 Å². The number of rotatable bonds is 9. The summed E-state index contributed by atoms with van der Waals surface area (Å²) >= 11 is 0. The number of pyridine rings is 1. The van der Waals surface area contributed by atoms with Gasteiger partial charge in [0.2, 0.25) is 5.75 Å². The average molecular weight is 477 g/mol. The fraction of sp³-hybridized carbons (Fsp3) is 0.259. The van der Waals surface area contributed by atoms with E-state index in [-0.39, 0.29) is 23.1 Å². The van der Waals surface area contributed by atoms with Crippen LogP contribution < -0.4 is 14.8 Å². The van der Waals surface area contributed by atoms with E-state index in [4.69, 9.17) is 14.2 Å². The maximum atomic E-state index is 12.9. The lowest BCUT2D eigenvalue weighted by Gasteiger charge is -2.26. The highest BCUT2D eigenvalue weighted by Crippen LogP contribution is 2.31. The van der Waals surface area contributed by atoms with E-state index in [9.17, 15) is 14.4 Å². The molecule has 1 N–H and O–H groups in total. The van der Waals surface area contributed by atoms with Gasteiger partial charge in [-0.3, -0.25) is 9.59 Å². The van der Waals surface area contributed by atoms with E-state index >= 15 is 0 Å². The van der Waals surface area contributed by atoms with Crippen LogP contribution in [0.15, 0.2) is 72.9 Å². The van der Waals surface area contributed by atoms with E-state index < -0.39 is 30.0 Å². The summed E-state index contributed by atoms with van der Waals surface area (Å²) in [6, 6.07) is 20.0. The van der Waals surface area contributed by atoms with Gasteiger partial charge in [-0.05, 0) is 25.0 Å². The quantitative estimate of drug-likeness (QED) is 0.467. The first-order valence-corrected chi connectivity index (χ1v) is 11.1. The number of ether oxygens (including phenoxy) is 3. The molecular weight excluding hydrogens is 448 g/mol. The van der Waals surface area contributed by atoms with Crippen LogP contribution in [0.25, 0.3) is 0 Å². The van der Waals surface area contributed by atoms with Gasteiger partial charge in [0, 0.05) is 25.1 Å². The molecule has 8 nitrogen and oxygen atoms in total. The Morgan fingerprint density at radius 1 is 0.886 bits per heavy atom. The van der Waals surface area contributed by atoms with Gasteiger partial charge < -0.3 is 19.5 Å². The van der Waals surface area contributed by atoms with Gasteiger partial charge in [-0.1, -0.05) is 60.7 Å². The smallest absolute Gasteiger partial charge is 0.328 e. The van der Waals surface area contributed by atoms with Crippen molar-refractivity contribution >= 4 is 17.8 Å². The van der Waals surface area contributed by atoms with Crippen LogP contribution in [0.5, 0.6) is 11.5 Å². The second-order valence-electron chi connectivity index (χ2n) is 7.92. The number of methoxy groups -OCH3 is 1. The highest BCUT2D eigenvalue weighted by molar-refractivity contribution is 5.98. The van der Waals surface area contributed by atoms with Crippen molar-refractivity contribution in [2.24, 2.45) is 0 Å². The molecule has 3 aromatic rings. The molecular formula is C27H28N2O6. The maximum absolute atomic E-state index is 12.9. The van der Waals surface area contributed by atoms with Crippen LogP contribution in [0.4, 0.5) is 0 Å². The van der Waals surface area contributed by atoms with Crippen LogP contribution in [0.2, 0.25) is 0 Å². The van der Waals surface area contributed by atoms with Crippen LogP contribution in [0.1, 0.15) is 48.3 Å². The molecule has 0 aliphatic heterocycles. The summed E-state index contributed by atoms with van der Waals surface area (Å²) in [5.74, 6) is -2.11. The zero-order valence-corrected chi connectivity index (χ0v) is 20.1. The lowest BCUT2D eigenvalue weighted by atomic mass is 9.87. The molecule has 0 bridgehead atoms. The molecule has 0 fully saturated rings. The first-order chi connectivity index (χ1) is 16.8. The summed E-state index contributed by atoms with van der Waals surface area (Å²) in [6.07, 6.45) is 0.828. The number of benzene rings is 2. The number of aromatic nitrogens is 1. The van der Waals surface area contributed by atoms with Gasteiger partial charge in [-0.25, -0.2) is 9.78 Å². The van der Waals surface area contributed by atoms with Gasteiger partial charge in [0.25, 0.3) is 5.91 Å². The molecule has 1 amide bonds. The Balaban J connectivity index is 1.75. The van der Waals surface area contributed by atoms with E-state index in [1.165, 1.54) is 33.2 Å². The Labute approximate surface area is 204 Å². The minimum Gasteiger partial charge on any atom is -0.493 e. The van der Waals surface area contributed by atoms with E-state index in [0.29, 0.717) is 0 Å². The summed E-state index contributed by atoms with van der Waals surface area (Å²) in [7, 11) is 1.38. The first kappa shape index (κ1) is 25.4. The fourth-order valence-corrected chi connectivity index (χ4v) is 3.73.